The van der Waals surface area contributed by atoms with Crippen molar-refractivity contribution in [1.82, 2.24) is 15.2 Å². The standard InChI is InChI=1S/C9H7BrN4O4S/c10-5-1-2-7(11-3-5)14-19(17,18)8-6(9(15)16)4-12-13-8/h1-4H,(H,11,14)(H,12,13)(H,15,16). The monoisotopic (exact) mass is 346 g/mol. The molecule has 0 spiro atoms. The zero-order valence-corrected chi connectivity index (χ0v) is 11.6. The minimum Gasteiger partial charge on any atom is -0.478 e. The lowest BCUT2D eigenvalue weighted by Gasteiger charge is -2.06. The summed E-state index contributed by atoms with van der Waals surface area (Å²) in [7, 11) is -4.09. The molecule has 0 radical (unpaired) electrons. The molecule has 2 aromatic rings. The second-order valence-corrected chi connectivity index (χ2v) is 5.92. The Hall–Kier alpha value is -1.94. The molecule has 3 N–H and O–H groups in total. The zero-order chi connectivity index (χ0) is 14.0. The van der Waals surface area contributed by atoms with E-state index in [-0.39, 0.29) is 5.82 Å². The highest BCUT2D eigenvalue weighted by molar-refractivity contribution is 9.10. The quantitative estimate of drug-likeness (QED) is 0.760. The van der Waals surface area contributed by atoms with Gasteiger partial charge in [-0.05, 0) is 28.1 Å². The van der Waals surface area contributed by atoms with E-state index in [1.807, 2.05) is 0 Å². The first-order chi connectivity index (χ1) is 8.90. The summed E-state index contributed by atoms with van der Waals surface area (Å²) in [5.74, 6) is -1.33. The van der Waals surface area contributed by atoms with Crippen LogP contribution in [-0.4, -0.2) is 34.7 Å². The van der Waals surface area contributed by atoms with Gasteiger partial charge >= 0.3 is 5.97 Å². The third-order valence-corrected chi connectivity index (χ3v) is 3.87. The minimum atomic E-state index is -4.09. The van der Waals surface area contributed by atoms with Gasteiger partial charge in [0.25, 0.3) is 10.0 Å². The van der Waals surface area contributed by atoms with E-state index in [2.05, 4.69) is 35.8 Å². The second-order valence-electron chi connectivity index (χ2n) is 3.39. The molecule has 0 bridgehead atoms. The smallest absolute Gasteiger partial charge is 0.340 e. The topological polar surface area (TPSA) is 125 Å². The van der Waals surface area contributed by atoms with Gasteiger partial charge < -0.3 is 5.11 Å². The Labute approximate surface area is 116 Å². The molecule has 2 heterocycles. The zero-order valence-electron chi connectivity index (χ0n) is 9.16. The number of hydrogen-bond donors (Lipinski definition) is 3. The van der Waals surface area contributed by atoms with Crippen molar-refractivity contribution in [2.24, 2.45) is 0 Å². The van der Waals surface area contributed by atoms with Crippen molar-refractivity contribution in [2.75, 3.05) is 4.72 Å². The maximum Gasteiger partial charge on any atom is 0.340 e. The summed E-state index contributed by atoms with van der Waals surface area (Å²) in [5, 5.41) is 13.9. The van der Waals surface area contributed by atoms with Crippen molar-refractivity contribution in [3.63, 3.8) is 0 Å². The van der Waals surface area contributed by atoms with Crippen LogP contribution in [0.4, 0.5) is 5.82 Å². The average Bonchev–Trinajstić information content (AvgIpc) is 2.82. The molecule has 100 valence electrons. The van der Waals surface area contributed by atoms with Gasteiger partial charge in [-0.2, -0.15) is 13.5 Å². The van der Waals surface area contributed by atoms with Crippen LogP contribution in [-0.2, 0) is 10.0 Å². The van der Waals surface area contributed by atoms with Crippen LogP contribution in [0.15, 0.2) is 34.0 Å². The van der Waals surface area contributed by atoms with Crippen molar-refractivity contribution in [2.45, 2.75) is 5.03 Å². The first-order valence-corrected chi connectivity index (χ1v) is 7.09. The Balaban J connectivity index is 2.35. The van der Waals surface area contributed by atoms with Crippen molar-refractivity contribution in [3.8, 4) is 0 Å². The van der Waals surface area contributed by atoms with Crippen LogP contribution in [0.3, 0.4) is 0 Å². The Morgan fingerprint density at radius 1 is 1.37 bits per heavy atom. The number of sulfonamides is 1. The lowest BCUT2D eigenvalue weighted by atomic mass is 10.4. The van der Waals surface area contributed by atoms with E-state index in [4.69, 9.17) is 5.11 Å². The molecular weight excluding hydrogens is 340 g/mol. The van der Waals surface area contributed by atoms with Gasteiger partial charge in [-0.25, -0.2) is 9.78 Å². The predicted molar refractivity (Wildman–Crippen MR) is 68.3 cm³/mol. The average molecular weight is 347 g/mol. The number of rotatable bonds is 4. The number of carbonyl (C=O) groups is 1. The number of aromatic amines is 1. The molecule has 0 atom stereocenters. The molecular formula is C9H7BrN4O4S. The summed E-state index contributed by atoms with van der Waals surface area (Å²) in [6.07, 6.45) is 2.33. The number of anilines is 1. The number of carboxylic acids is 1. The lowest BCUT2D eigenvalue weighted by Crippen LogP contribution is -2.17. The molecule has 0 aliphatic heterocycles. The molecule has 2 rings (SSSR count). The van der Waals surface area contributed by atoms with Crippen molar-refractivity contribution >= 4 is 37.7 Å². The number of nitrogens with one attached hydrogen (secondary N) is 2. The Bertz CT molecular complexity index is 710. The summed E-state index contributed by atoms with van der Waals surface area (Å²) in [6, 6.07) is 3.02. The number of H-pyrrole nitrogens is 1. The predicted octanol–water partition coefficient (Wildman–Crippen LogP) is 1.07. The Kier molecular flexibility index (Phi) is 3.53. The highest BCUT2D eigenvalue weighted by atomic mass is 79.9. The molecule has 0 aliphatic carbocycles. The Morgan fingerprint density at radius 3 is 2.68 bits per heavy atom. The van der Waals surface area contributed by atoms with Gasteiger partial charge in [-0.15, -0.1) is 0 Å². The van der Waals surface area contributed by atoms with E-state index in [0.29, 0.717) is 4.47 Å². The number of nitrogens with zero attached hydrogens (tertiary/aromatic N) is 2. The molecule has 0 amide bonds. The maximum absolute atomic E-state index is 12.0. The molecule has 0 saturated heterocycles. The van der Waals surface area contributed by atoms with Crippen LogP contribution in [0.2, 0.25) is 0 Å². The largest absolute Gasteiger partial charge is 0.478 e. The van der Waals surface area contributed by atoms with E-state index < -0.39 is 26.6 Å². The summed E-state index contributed by atoms with van der Waals surface area (Å²) in [6.45, 7) is 0. The molecule has 19 heavy (non-hydrogen) atoms. The van der Waals surface area contributed by atoms with E-state index in [9.17, 15) is 13.2 Å². The third kappa shape index (κ3) is 2.90. The van der Waals surface area contributed by atoms with Crippen LogP contribution in [0.25, 0.3) is 0 Å². The highest BCUT2D eigenvalue weighted by Gasteiger charge is 2.25. The molecule has 0 unspecified atom stereocenters. The van der Waals surface area contributed by atoms with E-state index in [1.165, 1.54) is 12.3 Å². The second kappa shape index (κ2) is 4.97. The molecule has 10 heteroatoms. The fourth-order valence-electron chi connectivity index (χ4n) is 1.26. The molecule has 0 aromatic carbocycles. The van der Waals surface area contributed by atoms with Crippen LogP contribution >= 0.6 is 15.9 Å². The number of halogens is 1. The number of aromatic carboxylic acids is 1. The number of pyridine rings is 1. The summed E-state index contributed by atoms with van der Waals surface area (Å²) in [5.41, 5.74) is -0.440. The fourth-order valence-corrected chi connectivity index (χ4v) is 2.59. The van der Waals surface area contributed by atoms with Gasteiger partial charge in [-0.3, -0.25) is 9.82 Å². The molecule has 0 saturated carbocycles. The van der Waals surface area contributed by atoms with Crippen LogP contribution in [0.5, 0.6) is 0 Å². The SMILES string of the molecule is O=C(O)c1cn[nH]c1S(=O)(=O)Nc1ccc(Br)cn1. The molecule has 0 fully saturated rings. The molecule has 0 aliphatic rings. The van der Waals surface area contributed by atoms with Crippen LogP contribution in [0, 0.1) is 0 Å². The molecule has 8 nitrogen and oxygen atoms in total. The van der Waals surface area contributed by atoms with Crippen LogP contribution in [0.1, 0.15) is 10.4 Å². The Morgan fingerprint density at radius 2 is 2.11 bits per heavy atom. The van der Waals surface area contributed by atoms with Crippen molar-refractivity contribution in [3.05, 3.63) is 34.6 Å². The van der Waals surface area contributed by atoms with E-state index >= 15 is 0 Å². The summed E-state index contributed by atoms with van der Waals surface area (Å²) < 4.78 is 26.8. The summed E-state index contributed by atoms with van der Waals surface area (Å²) >= 11 is 3.16. The number of hydrogen-bond acceptors (Lipinski definition) is 5. The van der Waals surface area contributed by atoms with Crippen molar-refractivity contribution < 1.29 is 18.3 Å². The maximum atomic E-state index is 12.0. The van der Waals surface area contributed by atoms with Gasteiger partial charge in [0.05, 0.1) is 6.20 Å². The first kappa shape index (κ1) is 13.5. The fraction of sp³-hybridized carbons (Fsp3) is 0. The number of aromatic nitrogens is 3. The van der Waals surface area contributed by atoms with Gasteiger partial charge in [0.1, 0.15) is 11.4 Å². The van der Waals surface area contributed by atoms with Gasteiger partial charge in [0.2, 0.25) is 0 Å². The number of carboxylic acid groups (broad SMARTS) is 1. The van der Waals surface area contributed by atoms with Gasteiger partial charge in [-0.1, -0.05) is 0 Å². The van der Waals surface area contributed by atoms with Crippen molar-refractivity contribution in [1.29, 1.82) is 0 Å². The molecule has 2 aromatic heterocycles. The minimum absolute atomic E-state index is 0.0640. The first-order valence-electron chi connectivity index (χ1n) is 4.81. The van der Waals surface area contributed by atoms with Gasteiger partial charge in [0, 0.05) is 10.7 Å². The van der Waals surface area contributed by atoms with E-state index in [1.54, 1.807) is 6.07 Å². The highest BCUT2D eigenvalue weighted by Crippen LogP contribution is 2.17. The lowest BCUT2D eigenvalue weighted by molar-refractivity contribution is 0.0692. The normalized spacial score (nSPS) is 11.2. The third-order valence-electron chi connectivity index (χ3n) is 2.07. The van der Waals surface area contributed by atoms with Crippen LogP contribution < -0.4 is 4.72 Å². The summed E-state index contributed by atoms with van der Waals surface area (Å²) in [4.78, 5) is 14.7. The van der Waals surface area contributed by atoms with Gasteiger partial charge in [0.15, 0.2) is 5.03 Å². The van der Waals surface area contributed by atoms with E-state index in [0.717, 1.165) is 6.20 Å².